The zero-order valence-electron chi connectivity index (χ0n) is 11.3. The molecule has 20 heavy (non-hydrogen) atoms. The molecule has 1 fully saturated rings. The van der Waals surface area contributed by atoms with Crippen LogP contribution in [0.4, 0.5) is 0 Å². The molecule has 1 saturated heterocycles. The summed E-state index contributed by atoms with van der Waals surface area (Å²) in [6, 6.07) is 13.7. The molecule has 0 bridgehead atoms. The molecule has 3 rings (SSSR count). The van der Waals surface area contributed by atoms with Crippen molar-refractivity contribution in [3.63, 3.8) is 0 Å². The summed E-state index contributed by atoms with van der Waals surface area (Å²) in [5.74, 6) is 0.227. The van der Waals surface area contributed by atoms with Crippen LogP contribution in [0.3, 0.4) is 0 Å². The molecule has 0 radical (unpaired) electrons. The van der Waals surface area contributed by atoms with E-state index >= 15 is 0 Å². The summed E-state index contributed by atoms with van der Waals surface area (Å²) in [6.07, 6.45) is 1.71. The lowest BCUT2D eigenvalue weighted by molar-refractivity contribution is 0.127. The fourth-order valence-electron chi connectivity index (χ4n) is 2.77. The van der Waals surface area contributed by atoms with Crippen LogP contribution in [0.1, 0.15) is 18.4 Å². The van der Waals surface area contributed by atoms with E-state index in [2.05, 4.69) is 0 Å². The SMILES string of the molecule is O=S(=O)(Cc1cccc2ccccc12)C[C@H]1CCCO1. The molecule has 2 aromatic carbocycles. The average Bonchev–Trinajstić information content (AvgIpc) is 2.91. The van der Waals surface area contributed by atoms with E-state index in [0.717, 1.165) is 29.2 Å². The highest BCUT2D eigenvalue weighted by Crippen LogP contribution is 2.22. The van der Waals surface area contributed by atoms with E-state index in [1.165, 1.54) is 0 Å². The molecular weight excluding hydrogens is 272 g/mol. The van der Waals surface area contributed by atoms with Gasteiger partial charge in [0.25, 0.3) is 0 Å². The Labute approximate surface area is 119 Å². The zero-order valence-corrected chi connectivity index (χ0v) is 12.1. The second-order valence-electron chi connectivity index (χ2n) is 5.33. The molecule has 4 heteroatoms. The first-order valence-electron chi connectivity index (χ1n) is 6.93. The van der Waals surface area contributed by atoms with Gasteiger partial charge in [0.15, 0.2) is 9.84 Å². The van der Waals surface area contributed by atoms with Crippen LogP contribution in [0, 0.1) is 0 Å². The molecule has 0 N–H and O–H groups in total. The van der Waals surface area contributed by atoms with Crippen molar-refractivity contribution in [1.29, 1.82) is 0 Å². The highest BCUT2D eigenvalue weighted by atomic mass is 32.2. The van der Waals surface area contributed by atoms with Gasteiger partial charge < -0.3 is 4.74 Å². The van der Waals surface area contributed by atoms with Gasteiger partial charge in [0.1, 0.15) is 0 Å². The lowest BCUT2D eigenvalue weighted by Gasteiger charge is -2.11. The molecule has 0 spiro atoms. The maximum atomic E-state index is 12.3. The molecule has 1 atom stereocenters. The Balaban J connectivity index is 1.85. The third-order valence-electron chi connectivity index (χ3n) is 3.72. The van der Waals surface area contributed by atoms with Crippen molar-refractivity contribution < 1.29 is 13.2 Å². The topological polar surface area (TPSA) is 43.4 Å². The monoisotopic (exact) mass is 290 g/mol. The lowest BCUT2D eigenvalue weighted by atomic mass is 10.1. The molecule has 0 aromatic heterocycles. The van der Waals surface area contributed by atoms with Crippen molar-refractivity contribution in [2.45, 2.75) is 24.7 Å². The number of rotatable bonds is 4. The molecule has 0 amide bonds. The lowest BCUT2D eigenvalue weighted by Crippen LogP contribution is -2.21. The quantitative estimate of drug-likeness (QED) is 0.869. The first-order chi connectivity index (χ1) is 9.64. The van der Waals surface area contributed by atoms with Crippen LogP contribution < -0.4 is 0 Å². The van der Waals surface area contributed by atoms with Crippen molar-refractivity contribution in [2.75, 3.05) is 12.4 Å². The van der Waals surface area contributed by atoms with E-state index in [9.17, 15) is 8.42 Å². The van der Waals surface area contributed by atoms with E-state index in [1.807, 2.05) is 42.5 Å². The molecule has 1 aliphatic heterocycles. The second kappa shape index (κ2) is 5.54. The summed E-state index contributed by atoms with van der Waals surface area (Å²) in [7, 11) is -3.13. The van der Waals surface area contributed by atoms with E-state index in [0.29, 0.717) is 6.61 Å². The Kier molecular flexibility index (Phi) is 3.76. The first kappa shape index (κ1) is 13.6. The normalized spacial score (nSPS) is 19.5. The van der Waals surface area contributed by atoms with Gasteiger partial charge in [-0.1, -0.05) is 42.5 Å². The Morgan fingerprint density at radius 2 is 1.90 bits per heavy atom. The minimum atomic E-state index is -3.13. The maximum Gasteiger partial charge on any atom is 0.157 e. The molecule has 106 valence electrons. The highest BCUT2D eigenvalue weighted by Gasteiger charge is 2.23. The van der Waals surface area contributed by atoms with E-state index in [1.54, 1.807) is 0 Å². The predicted molar refractivity (Wildman–Crippen MR) is 80.4 cm³/mol. The third-order valence-corrected chi connectivity index (χ3v) is 5.35. The molecule has 1 heterocycles. The molecule has 3 nitrogen and oxygen atoms in total. The summed E-state index contributed by atoms with van der Waals surface area (Å²) >= 11 is 0. The van der Waals surface area contributed by atoms with Crippen molar-refractivity contribution in [2.24, 2.45) is 0 Å². The van der Waals surface area contributed by atoms with Crippen LogP contribution in [0.2, 0.25) is 0 Å². The number of hydrogen-bond donors (Lipinski definition) is 0. The molecule has 1 aliphatic rings. The predicted octanol–water partition coefficient (Wildman–Crippen LogP) is 2.93. The summed E-state index contributed by atoms with van der Waals surface area (Å²) in [5, 5.41) is 2.10. The summed E-state index contributed by atoms with van der Waals surface area (Å²) in [4.78, 5) is 0. The van der Waals surface area contributed by atoms with E-state index in [4.69, 9.17) is 4.74 Å². The van der Waals surface area contributed by atoms with Crippen molar-refractivity contribution in [1.82, 2.24) is 0 Å². The minimum Gasteiger partial charge on any atom is -0.377 e. The van der Waals surface area contributed by atoms with Crippen molar-refractivity contribution >= 4 is 20.6 Å². The van der Waals surface area contributed by atoms with Gasteiger partial charge >= 0.3 is 0 Å². The van der Waals surface area contributed by atoms with Gasteiger partial charge in [-0.05, 0) is 29.2 Å². The van der Waals surface area contributed by atoms with Gasteiger partial charge in [-0.3, -0.25) is 0 Å². The standard InChI is InChI=1S/C16H18O3S/c17-20(18,12-15-8-4-10-19-15)11-14-7-3-6-13-5-1-2-9-16(13)14/h1-3,5-7,9,15H,4,8,10-12H2/t15-/m1/s1. The van der Waals surface area contributed by atoms with Gasteiger partial charge in [-0.15, -0.1) is 0 Å². The Hall–Kier alpha value is -1.39. The highest BCUT2D eigenvalue weighted by molar-refractivity contribution is 7.90. The first-order valence-corrected chi connectivity index (χ1v) is 8.75. The summed E-state index contributed by atoms with van der Waals surface area (Å²) in [6.45, 7) is 0.689. The van der Waals surface area contributed by atoms with Crippen LogP contribution >= 0.6 is 0 Å². The molecule has 0 aliphatic carbocycles. The third kappa shape index (κ3) is 3.02. The van der Waals surface area contributed by atoms with Gasteiger partial charge in [0, 0.05) is 6.61 Å². The van der Waals surface area contributed by atoms with Gasteiger partial charge in [0.2, 0.25) is 0 Å². The number of ether oxygens (including phenoxy) is 1. The minimum absolute atomic E-state index is 0.0915. The zero-order chi connectivity index (χ0) is 14.0. The second-order valence-corrected chi connectivity index (χ2v) is 7.44. The van der Waals surface area contributed by atoms with Crippen molar-refractivity contribution in [3.05, 3.63) is 48.0 Å². The van der Waals surface area contributed by atoms with Crippen LogP contribution in [-0.2, 0) is 20.3 Å². The largest absolute Gasteiger partial charge is 0.377 e. The molecule has 2 aromatic rings. The Morgan fingerprint density at radius 3 is 2.70 bits per heavy atom. The molecule has 0 unspecified atom stereocenters. The van der Waals surface area contributed by atoms with E-state index in [-0.39, 0.29) is 17.6 Å². The number of hydrogen-bond acceptors (Lipinski definition) is 3. The number of benzene rings is 2. The average molecular weight is 290 g/mol. The number of fused-ring (bicyclic) bond motifs is 1. The van der Waals surface area contributed by atoms with E-state index < -0.39 is 9.84 Å². The van der Waals surface area contributed by atoms with Crippen LogP contribution in [0.25, 0.3) is 10.8 Å². The fourth-order valence-corrected chi connectivity index (χ4v) is 4.45. The summed E-state index contributed by atoms with van der Waals surface area (Å²) in [5.41, 5.74) is 0.876. The number of sulfone groups is 1. The van der Waals surface area contributed by atoms with Gasteiger partial charge in [-0.25, -0.2) is 8.42 Å². The Bertz CT molecular complexity index is 695. The van der Waals surface area contributed by atoms with Crippen LogP contribution in [0.15, 0.2) is 42.5 Å². The van der Waals surface area contributed by atoms with Gasteiger partial charge in [-0.2, -0.15) is 0 Å². The van der Waals surface area contributed by atoms with Crippen LogP contribution in [0.5, 0.6) is 0 Å². The molecular formula is C16H18O3S. The van der Waals surface area contributed by atoms with Crippen molar-refractivity contribution in [3.8, 4) is 0 Å². The smallest absolute Gasteiger partial charge is 0.157 e. The summed E-state index contributed by atoms with van der Waals surface area (Å²) < 4.78 is 30.1. The van der Waals surface area contributed by atoms with Gasteiger partial charge in [0.05, 0.1) is 17.6 Å². The fraction of sp³-hybridized carbons (Fsp3) is 0.375. The molecule has 0 saturated carbocycles. The maximum absolute atomic E-state index is 12.3. The van der Waals surface area contributed by atoms with Crippen LogP contribution in [-0.4, -0.2) is 26.9 Å². The Morgan fingerprint density at radius 1 is 1.10 bits per heavy atom.